The molecule has 1 aromatic heterocycles. The lowest BCUT2D eigenvalue weighted by atomic mass is 10.0. The molecule has 1 N–H and O–H groups in total. The van der Waals surface area contributed by atoms with Gasteiger partial charge in [0.1, 0.15) is 18.1 Å². The van der Waals surface area contributed by atoms with Crippen molar-refractivity contribution in [2.45, 2.75) is 19.4 Å². The van der Waals surface area contributed by atoms with Crippen molar-refractivity contribution in [3.63, 3.8) is 0 Å². The molecule has 4 nitrogen and oxygen atoms in total. The van der Waals surface area contributed by atoms with E-state index >= 15 is 0 Å². The maximum absolute atomic E-state index is 12.7. The Hall–Kier alpha value is -2.75. The number of aromatic nitrogens is 1. The number of hydrogen-bond acceptors (Lipinski definition) is 2. The minimum Gasteiger partial charge on any atom is -0.491 e. The maximum atomic E-state index is 12.7. The van der Waals surface area contributed by atoms with Gasteiger partial charge >= 0.3 is 0 Å². The zero-order valence-corrected chi connectivity index (χ0v) is 13.9. The summed E-state index contributed by atoms with van der Waals surface area (Å²) in [5.41, 5.74) is 4.08. The number of amides is 1. The molecule has 0 unspecified atom stereocenters. The van der Waals surface area contributed by atoms with Gasteiger partial charge in [-0.15, -0.1) is 0 Å². The largest absolute Gasteiger partial charge is 0.491 e. The Bertz CT molecular complexity index is 927. The summed E-state index contributed by atoms with van der Waals surface area (Å²) in [4.78, 5) is 12.7. The normalized spacial score (nSPS) is 16.5. The molecule has 0 fully saturated rings. The summed E-state index contributed by atoms with van der Waals surface area (Å²) in [7, 11) is 1.93. The minimum atomic E-state index is -0.0562. The van der Waals surface area contributed by atoms with Crippen molar-refractivity contribution in [3.8, 4) is 5.75 Å². The molecule has 1 aliphatic heterocycles. The van der Waals surface area contributed by atoms with Crippen LogP contribution in [0.5, 0.6) is 5.75 Å². The van der Waals surface area contributed by atoms with E-state index in [-0.39, 0.29) is 11.9 Å². The molecule has 1 aliphatic rings. The second kappa shape index (κ2) is 5.71. The Morgan fingerprint density at radius 2 is 2.04 bits per heavy atom. The van der Waals surface area contributed by atoms with Gasteiger partial charge in [0.05, 0.1) is 6.04 Å². The predicted molar refractivity (Wildman–Crippen MR) is 94.6 cm³/mol. The van der Waals surface area contributed by atoms with E-state index in [9.17, 15) is 4.79 Å². The number of nitrogens with zero attached hydrogens (tertiary/aromatic N) is 1. The number of aryl methyl sites for hydroxylation is 2. The van der Waals surface area contributed by atoms with Gasteiger partial charge in [0, 0.05) is 18.0 Å². The number of nitrogens with one attached hydrogen (secondary N) is 1. The lowest BCUT2D eigenvalue weighted by Gasteiger charge is -2.26. The van der Waals surface area contributed by atoms with Crippen molar-refractivity contribution in [1.82, 2.24) is 9.88 Å². The van der Waals surface area contributed by atoms with E-state index in [2.05, 4.69) is 30.4 Å². The predicted octanol–water partition coefficient (Wildman–Crippen LogP) is 3.22. The zero-order valence-electron chi connectivity index (χ0n) is 13.9. The van der Waals surface area contributed by atoms with Crippen molar-refractivity contribution >= 4 is 16.8 Å². The SMILES string of the molecule is Cc1ccc2cc(C(=O)N[C@@H]3COc4ccccc4C3)n(C)c2c1. The van der Waals surface area contributed by atoms with Crippen LogP contribution in [0.15, 0.2) is 48.5 Å². The van der Waals surface area contributed by atoms with Gasteiger partial charge in [-0.1, -0.05) is 30.3 Å². The van der Waals surface area contributed by atoms with Crippen molar-refractivity contribution in [2.24, 2.45) is 7.05 Å². The van der Waals surface area contributed by atoms with Crippen LogP contribution in [-0.4, -0.2) is 23.1 Å². The maximum Gasteiger partial charge on any atom is 0.268 e. The van der Waals surface area contributed by atoms with Crippen LogP contribution < -0.4 is 10.1 Å². The van der Waals surface area contributed by atoms with Gasteiger partial charge in [0.25, 0.3) is 5.91 Å². The zero-order chi connectivity index (χ0) is 16.7. The molecule has 0 saturated carbocycles. The van der Waals surface area contributed by atoms with E-state index < -0.39 is 0 Å². The molecule has 24 heavy (non-hydrogen) atoms. The highest BCUT2D eigenvalue weighted by Crippen LogP contribution is 2.24. The molecule has 3 aromatic rings. The second-order valence-corrected chi connectivity index (χ2v) is 6.44. The fraction of sp³-hybridized carbons (Fsp3) is 0.250. The van der Waals surface area contributed by atoms with Crippen molar-refractivity contribution in [1.29, 1.82) is 0 Å². The number of benzene rings is 2. The molecule has 1 atom stereocenters. The van der Waals surface area contributed by atoms with Crippen LogP contribution in [0.1, 0.15) is 21.6 Å². The van der Waals surface area contributed by atoms with Crippen LogP contribution in [0.3, 0.4) is 0 Å². The van der Waals surface area contributed by atoms with E-state index in [0.717, 1.165) is 28.6 Å². The van der Waals surface area contributed by atoms with Crippen LogP contribution in [0.4, 0.5) is 0 Å². The highest BCUT2D eigenvalue weighted by molar-refractivity contribution is 5.99. The van der Waals surface area contributed by atoms with Gasteiger partial charge in [0.15, 0.2) is 0 Å². The fourth-order valence-corrected chi connectivity index (χ4v) is 3.34. The molecule has 2 heterocycles. The molecule has 0 saturated heterocycles. The molecule has 0 radical (unpaired) electrons. The summed E-state index contributed by atoms with van der Waals surface area (Å²) < 4.78 is 7.71. The highest BCUT2D eigenvalue weighted by atomic mass is 16.5. The molecule has 4 rings (SSSR count). The molecule has 0 spiro atoms. The summed E-state index contributed by atoms with van der Waals surface area (Å²) in [6.07, 6.45) is 0.797. The molecule has 4 heteroatoms. The first kappa shape index (κ1) is 14.8. The number of ether oxygens (including phenoxy) is 1. The number of carbonyl (C=O) groups excluding carboxylic acids is 1. The second-order valence-electron chi connectivity index (χ2n) is 6.44. The Morgan fingerprint density at radius 1 is 1.21 bits per heavy atom. The molecule has 2 aromatic carbocycles. The van der Waals surface area contributed by atoms with E-state index in [1.54, 1.807) is 0 Å². The van der Waals surface area contributed by atoms with Crippen LogP contribution in [0.2, 0.25) is 0 Å². The minimum absolute atomic E-state index is 0.00727. The van der Waals surface area contributed by atoms with Crippen molar-refractivity contribution in [3.05, 3.63) is 65.4 Å². The summed E-state index contributed by atoms with van der Waals surface area (Å²) in [6.45, 7) is 2.56. The van der Waals surface area contributed by atoms with Gasteiger partial charge < -0.3 is 14.6 Å². The highest BCUT2D eigenvalue weighted by Gasteiger charge is 2.23. The van der Waals surface area contributed by atoms with Gasteiger partial charge in [0.2, 0.25) is 0 Å². The van der Waals surface area contributed by atoms with E-state index in [4.69, 9.17) is 4.74 Å². The monoisotopic (exact) mass is 320 g/mol. The molecule has 0 aliphatic carbocycles. The smallest absolute Gasteiger partial charge is 0.268 e. The third-order valence-electron chi connectivity index (χ3n) is 4.65. The van der Waals surface area contributed by atoms with Crippen LogP contribution >= 0.6 is 0 Å². The Kier molecular flexibility index (Phi) is 3.53. The Labute approximate surface area is 141 Å². The topological polar surface area (TPSA) is 43.3 Å². The first-order chi connectivity index (χ1) is 11.6. The Morgan fingerprint density at radius 3 is 2.92 bits per heavy atom. The van der Waals surface area contributed by atoms with Gasteiger partial charge in [-0.05, 0) is 42.7 Å². The number of rotatable bonds is 2. The summed E-state index contributed by atoms with van der Waals surface area (Å²) in [5.74, 6) is 0.863. The van der Waals surface area contributed by atoms with Crippen molar-refractivity contribution < 1.29 is 9.53 Å². The van der Waals surface area contributed by atoms with Crippen LogP contribution in [0, 0.1) is 6.92 Å². The number of hydrogen-bond donors (Lipinski definition) is 1. The van der Waals surface area contributed by atoms with Gasteiger partial charge in [-0.25, -0.2) is 0 Å². The van der Waals surface area contributed by atoms with E-state index in [1.165, 1.54) is 5.56 Å². The first-order valence-corrected chi connectivity index (χ1v) is 8.19. The lowest BCUT2D eigenvalue weighted by molar-refractivity contribution is 0.0907. The third-order valence-corrected chi connectivity index (χ3v) is 4.65. The van der Waals surface area contributed by atoms with Crippen LogP contribution in [0.25, 0.3) is 10.9 Å². The quantitative estimate of drug-likeness (QED) is 0.788. The van der Waals surface area contributed by atoms with Crippen LogP contribution in [-0.2, 0) is 13.5 Å². The van der Waals surface area contributed by atoms with Crippen molar-refractivity contribution in [2.75, 3.05) is 6.61 Å². The molecule has 122 valence electrons. The summed E-state index contributed by atoms with van der Waals surface area (Å²) in [6, 6.07) is 16.2. The molecule has 1 amide bonds. The molecule has 0 bridgehead atoms. The lowest BCUT2D eigenvalue weighted by Crippen LogP contribution is -2.43. The summed E-state index contributed by atoms with van der Waals surface area (Å²) in [5, 5.41) is 4.19. The molecular formula is C20H20N2O2. The first-order valence-electron chi connectivity index (χ1n) is 8.19. The Balaban J connectivity index is 1.56. The van der Waals surface area contributed by atoms with Gasteiger partial charge in [-0.2, -0.15) is 0 Å². The average Bonchev–Trinajstić information content (AvgIpc) is 2.91. The average molecular weight is 320 g/mol. The number of para-hydroxylation sites is 1. The standard InChI is InChI=1S/C20H20N2O2/c1-13-7-8-14-11-18(22(2)17(14)9-13)20(23)21-16-10-15-5-3-4-6-19(15)24-12-16/h3-9,11,16H,10,12H2,1-2H3,(H,21,23)/t16-/m0/s1. The molecular weight excluding hydrogens is 300 g/mol. The number of fused-ring (bicyclic) bond motifs is 2. The summed E-state index contributed by atoms with van der Waals surface area (Å²) >= 11 is 0. The van der Waals surface area contributed by atoms with E-state index in [0.29, 0.717) is 12.3 Å². The van der Waals surface area contributed by atoms with E-state index in [1.807, 2.05) is 41.9 Å². The fourth-order valence-electron chi connectivity index (χ4n) is 3.34. The number of carbonyl (C=O) groups is 1. The third kappa shape index (κ3) is 2.54. The van der Waals surface area contributed by atoms with Gasteiger partial charge in [-0.3, -0.25) is 4.79 Å².